The highest BCUT2D eigenvalue weighted by Crippen LogP contribution is 2.11. The van der Waals surface area contributed by atoms with Crippen molar-refractivity contribution in [1.29, 1.82) is 0 Å². The average molecular weight is 214 g/mol. The monoisotopic (exact) mass is 214 g/mol. The molecule has 4 heteroatoms. The van der Waals surface area contributed by atoms with E-state index in [1.54, 1.807) is 0 Å². The van der Waals surface area contributed by atoms with E-state index >= 15 is 0 Å². The molecule has 1 unspecified atom stereocenters. The summed E-state index contributed by atoms with van der Waals surface area (Å²) in [7, 11) is 0. The molecule has 3 N–H and O–H groups in total. The Bertz CT molecular complexity index is 201. The molecule has 0 radical (unpaired) electrons. The van der Waals surface area contributed by atoms with Crippen LogP contribution in [-0.4, -0.2) is 36.8 Å². The molecule has 1 fully saturated rings. The Kier molecular flexibility index (Phi) is 5.05. The first-order chi connectivity index (χ1) is 7.15. The van der Waals surface area contributed by atoms with Crippen molar-refractivity contribution in [3.8, 4) is 0 Å². The lowest BCUT2D eigenvalue weighted by Gasteiger charge is -2.26. The zero-order chi connectivity index (χ0) is 11.3. The molecular formula is C11H22N2O2. The largest absolute Gasteiger partial charge is 0.394 e. The molecule has 0 saturated carbocycles. The van der Waals surface area contributed by atoms with Gasteiger partial charge in [0, 0.05) is 6.54 Å². The second-order valence-corrected chi connectivity index (χ2v) is 4.58. The maximum Gasteiger partial charge on any atom is 0.224 e. The van der Waals surface area contributed by atoms with Crippen molar-refractivity contribution in [2.45, 2.75) is 32.7 Å². The second-order valence-electron chi connectivity index (χ2n) is 4.58. The highest BCUT2D eigenvalue weighted by Gasteiger charge is 2.23. The number of nitrogens with one attached hydrogen (secondary N) is 2. The van der Waals surface area contributed by atoms with Gasteiger partial charge >= 0.3 is 0 Å². The number of rotatable bonds is 4. The highest BCUT2D eigenvalue weighted by molar-refractivity contribution is 5.79. The van der Waals surface area contributed by atoms with Crippen LogP contribution >= 0.6 is 0 Å². The minimum Gasteiger partial charge on any atom is -0.394 e. The standard InChI is InChI=1S/C11H22N2O2/c1-8(2)10(7-14)13-11(15)9-4-3-5-12-6-9/h8-10,12,14H,3-7H2,1-2H3,(H,13,15)/t9?,10-/m1/s1. The first-order valence-electron chi connectivity index (χ1n) is 5.77. The quantitative estimate of drug-likeness (QED) is 0.623. The number of carbonyl (C=O) groups is 1. The zero-order valence-electron chi connectivity index (χ0n) is 9.62. The van der Waals surface area contributed by atoms with Crippen LogP contribution < -0.4 is 10.6 Å². The Hall–Kier alpha value is -0.610. The Morgan fingerprint density at radius 2 is 2.33 bits per heavy atom. The Morgan fingerprint density at radius 1 is 1.60 bits per heavy atom. The lowest BCUT2D eigenvalue weighted by Crippen LogP contribution is -2.47. The smallest absolute Gasteiger partial charge is 0.224 e. The van der Waals surface area contributed by atoms with Crippen molar-refractivity contribution in [2.24, 2.45) is 11.8 Å². The van der Waals surface area contributed by atoms with E-state index in [0.717, 1.165) is 25.9 Å². The molecule has 0 spiro atoms. The zero-order valence-corrected chi connectivity index (χ0v) is 9.62. The molecule has 0 aromatic heterocycles. The SMILES string of the molecule is CC(C)[C@@H](CO)NC(=O)C1CCCNC1. The Morgan fingerprint density at radius 3 is 2.80 bits per heavy atom. The molecule has 1 amide bonds. The molecule has 15 heavy (non-hydrogen) atoms. The maximum atomic E-state index is 11.8. The lowest BCUT2D eigenvalue weighted by molar-refractivity contribution is -0.126. The highest BCUT2D eigenvalue weighted by atomic mass is 16.3. The van der Waals surface area contributed by atoms with E-state index in [2.05, 4.69) is 10.6 Å². The summed E-state index contributed by atoms with van der Waals surface area (Å²) in [5, 5.41) is 15.2. The number of aliphatic hydroxyl groups excluding tert-OH is 1. The van der Waals surface area contributed by atoms with E-state index in [1.807, 2.05) is 13.8 Å². The van der Waals surface area contributed by atoms with Crippen molar-refractivity contribution >= 4 is 5.91 Å². The molecule has 0 aromatic carbocycles. The van der Waals surface area contributed by atoms with E-state index in [9.17, 15) is 4.79 Å². The first kappa shape index (κ1) is 12.5. The number of piperidine rings is 1. The normalized spacial score (nSPS) is 23.9. The van der Waals surface area contributed by atoms with Crippen LogP contribution in [0.2, 0.25) is 0 Å². The fourth-order valence-corrected chi connectivity index (χ4v) is 1.80. The third kappa shape index (κ3) is 3.80. The average Bonchev–Trinajstić information content (AvgIpc) is 2.26. The van der Waals surface area contributed by atoms with Gasteiger partial charge in [-0.25, -0.2) is 0 Å². The van der Waals surface area contributed by atoms with Crippen LogP contribution in [0.25, 0.3) is 0 Å². The molecular weight excluding hydrogens is 192 g/mol. The minimum absolute atomic E-state index is 0.0174. The van der Waals surface area contributed by atoms with Crippen LogP contribution in [-0.2, 0) is 4.79 Å². The molecule has 0 aromatic rings. The number of aliphatic hydroxyl groups is 1. The van der Waals surface area contributed by atoms with Gasteiger partial charge in [-0.05, 0) is 25.3 Å². The van der Waals surface area contributed by atoms with Gasteiger partial charge in [-0.1, -0.05) is 13.8 Å². The van der Waals surface area contributed by atoms with E-state index < -0.39 is 0 Å². The number of amides is 1. The Labute approximate surface area is 91.4 Å². The topological polar surface area (TPSA) is 61.4 Å². The van der Waals surface area contributed by atoms with Gasteiger partial charge < -0.3 is 15.7 Å². The van der Waals surface area contributed by atoms with Gasteiger partial charge in [-0.3, -0.25) is 4.79 Å². The summed E-state index contributed by atoms with van der Waals surface area (Å²) in [5.41, 5.74) is 0. The molecule has 1 saturated heterocycles. The fraction of sp³-hybridized carbons (Fsp3) is 0.909. The van der Waals surface area contributed by atoms with Gasteiger partial charge in [0.2, 0.25) is 5.91 Å². The van der Waals surface area contributed by atoms with Gasteiger partial charge in [-0.2, -0.15) is 0 Å². The van der Waals surface area contributed by atoms with Crippen LogP contribution in [0.1, 0.15) is 26.7 Å². The third-order valence-corrected chi connectivity index (χ3v) is 3.00. The fourth-order valence-electron chi connectivity index (χ4n) is 1.80. The van der Waals surface area contributed by atoms with Crippen molar-refractivity contribution in [3.63, 3.8) is 0 Å². The summed E-state index contributed by atoms with van der Waals surface area (Å²) >= 11 is 0. The first-order valence-corrected chi connectivity index (χ1v) is 5.77. The summed E-state index contributed by atoms with van der Waals surface area (Å²) in [6.07, 6.45) is 2.01. The Balaban J connectivity index is 2.38. The molecule has 4 nitrogen and oxygen atoms in total. The molecule has 0 bridgehead atoms. The molecule has 1 heterocycles. The van der Waals surface area contributed by atoms with Crippen molar-refractivity contribution < 1.29 is 9.90 Å². The summed E-state index contributed by atoms with van der Waals surface area (Å²) in [6, 6.07) is -0.112. The van der Waals surface area contributed by atoms with Crippen LogP contribution in [0.4, 0.5) is 0 Å². The van der Waals surface area contributed by atoms with Gasteiger partial charge in [0.15, 0.2) is 0 Å². The van der Waals surface area contributed by atoms with Crippen molar-refractivity contribution in [3.05, 3.63) is 0 Å². The van der Waals surface area contributed by atoms with Gasteiger partial charge in [-0.15, -0.1) is 0 Å². The predicted octanol–water partition coefficient (Wildman–Crippen LogP) is 0.119. The summed E-state index contributed by atoms with van der Waals surface area (Å²) in [4.78, 5) is 11.8. The van der Waals surface area contributed by atoms with Gasteiger partial charge in [0.25, 0.3) is 0 Å². The minimum atomic E-state index is -0.112. The molecule has 88 valence electrons. The number of hydrogen-bond acceptors (Lipinski definition) is 3. The molecule has 1 rings (SSSR count). The van der Waals surface area contributed by atoms with Crippen LogP contribution in [0.3, 0.4) is 0 Å². The summed E-state index contributed by atoms with van der Waals surface area (Å²) in [6.45, 7) is 5.80. The lowest BCUT2D eigenvalue weighted by atomic mass is 9.97. The van der Waals surface area contributed by atoms with Crippen LogP contribution in [0.15, 0.2) is 0 Å². The number of hydrogen-bond donors (Lipinski definition) is 3. The van der Waals surface area contributed by atoms with E-state index in [1.165, 1.54) is 0 Å². The number of carbonyl (C=O) groups excluding carboxylic acids is 1. The maximum absolute atomic E-state index is 11.8. The van der Waals surface area contributed by atoms with E-state index in [-0.39, 0.29) is 30.4 Å². The van der Waals surface area contributed by atoms with Crippen molar-refractivity contribution in [2.75, 3.05) is 19.7 Å². The molecule has 2 atom stereocenters. The van der Waals surface area contributed by atoms with E-state index in [0.29, 0.717) is 0 Å². The molecule has 1 aliphatic rings. The summed E-state index contributed by atoms with van der Waals surface area (Å²) < 4.78 is 0. The molecule has 0 aliphatic carbocycles. The van der Waals surface area contributed by atoms with Crippen LogP contribution in [0.5, 0.6) is 0 Å². The van der Waals surface area contributed by atoms with Crippen molar-refractivity contribution in [1.82, 2.24) is 10.6 Å². The predicted molar refractivity (Wildman–Crippen MR) is 59.4 cm³/mol. The van der Waals surface area contributed by atoms with Gasteiger partial charge in [0.1, 0.15) is 0 Å². The second kappa shape index (κ2) is 6.08. The summed E-state index contributed by atoms with van der Waals surface area (Å²) in [5.74, 6) is 0.428. The van der Waals surface area contributed by atoms with Crippen LogP contribution in [0, 0.1) is 11.8 Å². The molecule has 1 aliphatic heterocycles. The van der Waals surface area contributed by atoms with E-state index in [4.69, 9.17) is 5.11 Å². The van der Waals surface area contributed by atoms with Gasteiger partial charge in [0.05, 0.1) is 18.6 Å². The third-order valence-electron chi connectivity index (χ3n) is 3.00.